The monoisotopic (exact) mass is 510 g/mol. The number of hydrogen-bond donors (Lipinski definition) is 2. The second-order valence-electron chi connectivity index (χ2n) is 9.35. The van der Waals surface area contributed by atoms with Crippen molar-refractivity contribution in [2.24, 2.45) is 11.8 Å². The molecule has 1 aromatic carbocycles. The molecule has 1 saturated carbocycles. The summed E-state index contributed by atoms with van der Waals surface area (Å²) >= 11 is 0. The van der Waals surface area contributed by atoms with Gasteiger partial charge in [0.25, 0.3) is 5.91 Å². The number of sulfonamides is 1. The molecule has 1 fully saturated rings. The molecule has 1 aromatic rings. The Hall–Kier alpha value is -2.14. The molecule has 196 valence electrons. The first-order valence-corrected chi connectivity index (χ1v) is 13.7. The number of aliphatic hydroxyl groups is 1. The molecule has 35 heavy (non-hydrogen) atoms. The third-order valence-electron chi connectivity index (χ3n) is 6.55. The van der Waals surface area contributed by atoms with Crippen LogP contribution in [0.15, 0.2) is 41.0 Å². The van der Waals surface area contributed by atoms with Crippen LogP contribution >= 0.6 is 0 Å². The van der Waals surface area contributed by atoms with E-state index in [1.54, 1.807) is 12.1 Å². The second-order valence-corrected chi connectivity index (χ2v) is 11.3. The zero-order valence-electron chi connectivity index (χ0n) is 20.8. The second kappa shape index (κ2) is 12.7. The summed E-state index contributed by atoms with van der Waals surface area (Å²) in [7, 11) is -2.32. The number of carbonyl (C=O) groups is 1. The van der Waals surface area contributed by atoms with Gasteiger partial charge in [0.05, 0.1) is 25.2 Å². The van der Waals surface area contributed by atoms with Crippen molar-refractivity contribution in [1.82, 2.24) is 9.62 Å². The van der Waals surface area contributed by atoms with E-state index in [1.165, 1.54) is 23.5 Å². The highest BCUT2D eigenvalue weighted by Gasteiger charge is 2.31. The number of rotatable bonds is 12. The van der Waals surface area contributed by atoms with Crippen molar-refractivity contribution in [3.05, 3.63) is 36.1 Å². The molecule has 1 heterocycles. The van der Waals surface area contributed by atoms with Crippen molar-refractivity contribution in [1.29, 1.82) is 0 Å². The molecule has 1 amide bonds. The van der Waals surface area contributed by atoms with E-state index in [2.05, 4.69) is 19.2 Å². The molecule has 0 aromatic heterocycles. The van der Waals surface area contributed by atoms with E-state index in [4.69, 9.17) is 14.2 Å². The van der Waals surface area contributed by atoms with Crippen molar-refractivity contribution in [2.75, 3.05) is 33.4 Å². The van der Waals surface area contributed by atoms with Gasteiger partial charge in [0.15, 0.2) is 5.76 Å². The summed E-state index contributed by atoms with van der Waals surface area (Å²) < 4.78 is 44.2. The first-order valence-electron chi connectivity index (χ1n) is 12.3. The van der Waals surface area contributed by atoms with Gasteiger partial charge in [0, 0.05) is 25.6 Å². The van der Waals surface area contributed by atoms with Crippen LogP contribution in [-0.2, 0) is 24.3 Å². The molecular formula is C25H38N2O7S. The SMILES string of the molecule is COc1ccc(S(=O)(=O)N(CCO)CCO[C@H]2C[C@@H](C(C)C)C=C(C(=O)NC3CCCC3)O2)cc1. The molecule has 0 radical (unpaired) electrons. The number of allylic oxidation sites excluding steroid dienone is 1. The fourth-order valence-electron chi connectivity index (χ4n) is 4.38. The molecule has 0 spiro atoms. The molecule has 0 saturated heterocycles. The lowest BCUT2D eigenvalue weighted by Crippen LogP contribution is -2.40. The van der Waals surface area contributed by atoms with Crippen molar-refractivity contribution in [2.45, 2.75) is 63.2 Å². The highest BCUT2D eigenvalue weighted by atomic mass is 32.2. The fraction of sp³-hybridized carbons (Fsp3) is 0.640. The molecule has 3 rings (SSSR count). The summed E-state index contributed by atoms with van der Waals surface area (Å²) in [4.78, 5) is 12.9. The molecule has 10 heteroatoms. The van der Waals surface area contributed by atoms with Gasteiger partial charge in [-0.2, -0.15) is 4.31 Å². The van der Waals surface area contributed by atoms with Gasteiger partial charge in [0.2, 0.25) is 16.3 Å². The molecule has 2 aliphatic rings. The zero-order chi connectivity index (χ0) is 25.4. The van der Waals surface area contributed by atoms with E-state index in [1.807, 2.05) is 6.08 Å². The smallest absolute Gasteiger partial charge is 0.286 e. The Kier molecular flexibility index (Phi) is 9.97. The molecule has 0 bridgehead atoms. The Bertz CT molecular complexity index is 957. The molecule has 1 aliphatic carbocycles. The maximum absolute atomic E-state index is 13.1. The number of aliphatic hydroxyl groups excluding tert-OH is 1. The quantitative estimate of drug-likeness (QED) is 0.444. The number of nitrogens with zero attached hydrogens (tertiary/aromatic N) is 1. The molecule has 2 atom stereocenters. The molecular weight excluding hydrogens is 472 g/mol. The van der Waals surface area contributed by atoms with E-state index in [0.717, 1.165) is 25.7 Å². The summed E-state index contributed by atoms with van der Waals surface area (Å²) in [6.07, 6.45) is 6.00. The van der Waals surface area contributed by atoms with Crippen LogP contribution in [0.3, 0.4) is 0 Å². The van der Waals surface area contributed by atoms with E-state index < -0.39 is 16.3 Å². The van der Waals surface area contributed by atoms with Gasteiger partial charge < -0.3 is 24.6 Å². The van der Waals surface area contributed by atoms with E-state index in [0.29, 0.717) is 18.1 Å². The number of carbonyl (C=O) groups excluding carboxylic acids is 1. The predicted molar refractivity (Wildman–Crippen MR) is 131 cm³/mol. The van der Waals surface area contributed by atoms with Crippen LogP contribution in [0, 0.1) is 11.8 Å². The molecule has 2 N–H and O–H groups in total. The molecule has 9 nitrogen and oxygen atoms in total. The normalized spacial score (nSPS) is 21.1. The minimum atomic E-state index is -3.83. The van der Waals surface area contributed by atoms with Crippen LogP contribution in [0.5, 0.6) is 5.75 Å². The van der Waals surface area contributed by atoms with Crippen molar-refractivity contribution in [3.8, 4) is 5.75 Å². The van der Waals surface area contributed by atoms with Crippen LogP contribution in [0.4, 0.5) is 0 Å². The van der Waals surface area contributed by atoms with Crippen LogP contribution in [-0.4, -0.2) is 69.5 Å². The molecule has 0 unspecified atom stereocenters. The maximum Gasteiger partial charge on any atom is 0.286 e. The van der Waals surface area contributed by atoms with Crippen LogP contribution in [0.1, 0.15) is 46.0 Å². The third kappa shape index (κ3) is 7.42. The first-order chi connectivity index (χ1) is 16.7. The summed E-state index contributed by atoms with van der Waals surface area (Å²) in [5.74, 6) is 0.996. The van der Waals surface area contributed by atoms with Gasteiger partial charge in [-0.15, -0.1) is 0 Å². The Labute approximate surface area is 208 Å². The standard InChI is InChI=1S/C25H38N2O7S/c1-18(2)19-16-23(25(29)26-20-6-4-5-7-20)34-24(17-19)33-15-13-27(12-14-28)35(30,31)22-10-8-21(32-3)9-11-22/h8-11,16,18-20,24,28H,4-7,12-15,17H2,1-3H3,(H,26,29)/t19-,24+/m0/s1. The zero-order valence-corrected chi connectivity index (χ0v) is 21.6. The van der Waals surface area contributed by atoms with Gasteiger partial charge in [-0.25, -0.2) is 8.42 Å². The minimum Gasteiger partial charge on any atom is -0.497 e. The number of hydrogen-bond acceptors (Lipinski definition) is 7. The lowest BCUT2D eigenvalue weighted by Gasteiger charge is -2.31. The van der Waals surface area contributed by atoms with E-state index in [9.17, 15) is 18.3 Å². The number of methoxy groups -OCH3 is 1. The Morgan fingerprint density at radius 2 is 1.89 bits per heavy atom. The number of benzene rings is 1. The van der Waals surface area contributed by atoms with Crippen molar-refractivity contribution < 1.29 is 32.5 Å². The summed E-state index contributed by atoms with van der Waals surface area (Å²) in [6, 6.07) is 6.27. The van der Waals surface area contributed by atoms with E-state index >= 15 is 0 Å². The summed E-state index contributed by atoms with van der Waals surface area (Å²) in [6.45, 7) is 3.88. The lowest BCUT2D eigenvalue weighted by molar-refractivity contribution is -0.151. The average Bonchev–Trinajstić information content (AvgIpc) is 3.36. The van der Waals surface area contributed by atoms with Crippen molar-refractivity contribution >= 4 is 15.9 Å². The lowest BCUT2D eigenvalue weighted by atomic mass is 9.90. The Balaban J connectivity index is 1.61. The Morgan fingerprint density at radius 3 is 2.49 bits per heavy atom. The summed E-state index contributed by atoms with van der Waals surface area (Å²) in [5.41, 5.74) is 0. The van der Waals surface area contributed by atoms with Gasteiger partial charge in [0.1, 0.15) is 5.75 Å². The van der Waals surface area contributed by atoms with Gasteiger partial charge >= 0.3 is 0 Å². The maximum atomic E-state index is 13.1. The fourth-order valence-corrected chi connectivity index (χ4v) is 5.80. The van der Waals surface area contributed by atoms with Gasteiger partial charge in [-0.05, 0) is 55.0 Å². The number of ether oxygens (including phenoxy) is 3. The Morgan fingerprint density at radius 1 is 1.20 bits per heavy atom. The van der Waals surface area contributed by atoms with Gasteiger partial charge in [-0.3, -0.25) is 4.79 Å². The summed E-state index contributed by atoms with van der Waals surface area (Å²) in [5, 5.41) is 12.5. The molecule has 1 aliphatic heterocycles. The first kappa shape index (κ1) is 27.4. The van der Waals surface area contributed by atoms with Crippen molar-refractivity contribution in [3.63, 3.8) is 0 Å². The largest absolute Gasteiger partial charge is 0.497 e. The van der Waals surface area contributed by atoms with E-state index in [-0.39, 0.29) is 54.8 Å². The van der Waals surface area contributed by atoms with Gasteiger partial charge in [-0.1, -0.05) is 26.7 Å². The third-order valence-corrected chi connectivity index (χ3v) is 8.46. The highest BCUT2D eigenvalue weighted by molar-refractivity contribution is 7.89. The van der Waals surface area contributed by atoms with Crippen LogP contribution < -0.4 is 10.1 Å². The highest BCUT2D eigenvalue weighted by Crippen LogP contribution is 2.29. The van der Waals surface area contributed by atoms with Crippen LogP contribution in [0.25, 0.3) is 0 Å². The number of nitrogens with one attached hydrogen (secondary N) is 1. The predicted octanol–water partition coefficient (Wildman–Crippen LogP) is 2.66. The average molecular weight is 511 g/mol. The number of amides is 1. The van der Waals surface area contributed by atoms with Crippen LogP contribution in [0.2, 0.25) is 0 Å². The minimum absolute atomic E-state index is 0.0362. The topological polar surface area (TPSA) is 114 Å².